The first kappa shape index (κ1) is 10.2. The summed E-state index contributed by atoms with van der Waals surface area (Å²) in [5, 5.41) is 0. The minimum Gasteiger partial charge on any atom is -0.298 e. The Labute approximate surface area is 80.6 Å². The molecule has 0 aliphatic heterocycles. The molecule has 0 fully saturated rings. The van der Waals surface area contributed by atoms with Crippen LogP contribution in [0.25, 0.3) is 0 Å². The van der Waals surface area contributed by atoms with Gasteiger partial charge in [0.2, 0.25) is 0 Å². The van der Waals surface area contributed by atoms with Gasteiger partial charge in [0.1, 0.15) is 0 Å². The van der Waals surface area contributed by atoms with Gasteiger partial charge in [-0.05, 0) is 32.1 Å². The Kier molecular flexibility index (Phi) is 3.90. The Hall–Kier alpha value is -0.890. The molecule has 2 heteroatoms. The van der Waals surface area contributed by atoms with Crippen LogP contribution in [0.5, 0.6) is 0 Å². The van der Waals surface area contributed by atoms with Gasteiger partial charge in [0.25, 0.3) is 0 Å². The third-order valence-electron chi connectivity index (χ3n) is 2.45. The molecule has 13 heavy (non-hydrogen) atoms. The van der Waals surface area contributed by atoms with Crippen molar-refractivity contribution >= 4 is 0 Å². The second-order valence-corrected chi connectivity index (χ2v) is 3.25. The monoisotopic (exact) mass is 178 g/mol. The minimum atomic E-state index is 0.464. The summed E-state index contributed by atoms with van der Waals surface area (Å²) >= 11 is 0. The van der Waals surface area contributed by atoms with Crippen molar-refractivity contribution in [2.75, 3.05) is 13.6 Å². The van der Waals surface area contributed by atoms with E-state index in [0.29, 0.717) is 6.04 Å². The molecule has 0 amide bonds. The van der Waals surface area contributed by atoms with Crippen LogP contribution in [-0.2, 0) is 0 Å². The van der Waals surface area contributed by atoms with Crippen molar-refractivity contribution in [2.45, 2.75) is 26.3 Å². The Morgan fingerprint density at radius 1 is 1.38 bits per heavy atom. The van der Waals surface area contributed by atoms with Crippen LogP contribution in [0.15, 0.2) is 24.4 Å². The van der Waals surface area contributed by atoms with Gasteiger partial charge >= 0.3 is 0 Å². The van der Waals surface area contributed by atoms with Crippen LogP contribution in [0, 0.1) is 0 Å². The summed E-state index contributed by atoms with van der Waals surface area (Å²) in [6.07, 6.45) is 2.98. The molecule has 72 valence electrons. The van der Waals surface area contributed by atoms with Crippen molar-refractivity contribution in [3.8, 4) is 0 Å². The lowest BCUT2D eigenvalue weighted by Gasteiger charge is -2.24. The maximum atomic E-state index is 4.38. The molecular formula is C11H18N2. The summed E-state index contributed by atoms with van der Waals surface area (Å²) in [5.74, 6) is 0. The lowest BCUT2D eigenvalue weighted by atomic mass is 10.1. The fourth-order valence-corrected chi connectivity index (χ4v) is 1.54. The van der Waals surface area contributed by atoms with Crippen molar-refractivity contribution in [3.63, 3.8) is 0 Å². The van der Waals surface area contributed by atoms with E-state index in [0.717, 1.165) is 13.0 Å². The smallest absolute Gasteiger partial charge is 0.0575 e. The molecule has 1 unspecified atom stereocenters. The molecule has 0 aliphatic carbocycles. The zero-order valence-corrected chi connectivity index (χ0v) is 8.70. The van der Waals surface area contributed by atoms with Crippen LogP contribution in [-0.4, -0.2) is 23.5 Å². The largest absolute Gasteiger partial charge is 0.298 e. The van der Waals surface area contributed by atoms with E-state index in [2.05, 4.69) is 42.9 Å². The molecule has 0 aromatic carbocycles. The topological polar surface area (TPSA) is 16.1 Å². The Balaban J connectivity index is 2.78. The summed E-state index contributed by atoms with van der Waals surface area (Å²) in [5.41, 5.74) is 1.18. The summed E-state index contributed by atoms with van der Waals surface area (Å²) in [4.78, 5) is 6.70. The van der Waals surface area contributed by atoms with Crippen LogP contribution < -0.4 is 0 Å². The van der Waals surface area contributed by atoms with E-state index in [1.165, 1.54) is 5.69 Å². The van der Waals surface area contributed by atoms with Gasteiger partial charge in [0.15, 0.2) is 0 Å². The fraction of sp³-hybridized carbons (Fsp3) is 0.545. The van der Waals surface area contributed by atoms with E-state index in [9.17, 15) is 0 Å². The average Bonchev–Trinajstić information content (AvgIpc) is 2.20. The van der Waals surface area contributed by atoms with Gasteiger partial charge in [0.05, 0.1) is 11.7 Å². The van der Waals surface area contributed by atoms with Crippen LogP contribution >= 0.6 is 0 Å². The molecule has 1 aromatic heterocycles. The standard InChI is InChI=1S/C11H18N2/c1-4-11(13(3)5-2)10-8-6-7-9-12-10/h6-9,11H,4-5H2,1-3H3. The number of aromatic nitrogens is 1. The maximum absolute atomic E-state index is 4.38. The van der Waals surface area contributed by atoms with E-state index < -0.39 is 0 Å². The van der Waals surface area contributed by atoms with Crippen LogP contribution in [0.1, 0.15) is 32.0 Å². The second kappa shape index (κ2) is 4.97. The number of hydrogen-bond acceptors (Lipinski definition) is 2. The molecule has 2 nitrogen and oxygen atoms in total. The molecule has 1 aromatic rings. The van der Waals surface area contributed by atoms with E-state index >= 15 is 0 Å². The number of rotatable bonds is 4. The van der Waals surface area contributed by atoms with E-state index in [-0.39, 0.29) is 0 Å². The molecule has 1 atom stereocenters. The Bertz CT molecular complexity index is 233. The van der Waals surface area contributed by atoms with E-state index in [1.54, 1.807) is 0 Å². The third-order valence-corrected chi connectivity index (χ3v) is 2.45. The lowest BCUT2D eigenvalue weighted by Crippen LogP contribution is -2.24. The average molecular weight is 178 g/mol. The van der Waals surface area contributed by atoms with Gasteiger partial charge in [-0.15, -0.1) is 0 Å². The van der Waals surface area contributed by atoms with Crippen LogP contribution in [0.2, 0.25) is 0 Å². The maximum Gasteiger partial charge on any atom is 0.0575 e. The lowest BCUT2D eigenvalue weighted by molar-refractivity contribution is 0.246. The molecule has 0 aliphatic rings. The second-order valence-electron chi connectivity index (χ2n) is 3.25. The number of hydrogen-bond donors (Lipinski definition) is 0. The first-order valence-corrected chi connectivity index (χ1v) is 4.90. The molecule has 0 saturated carbocycles. The third kappa shape index (κ3) is 2.52. The van der Waals surface area contributed by atoms with Gasteiger partial charge in [-0.3, -0.25) is 9.88 Å². The quantitative estimate of drug-likeness (QED) is 0.704. The van der Waals surface area contributed by atoms with Gasteiger partial charge in [-0.2, -0.15) is 0 Å². The fourth-order valence-electron chi connectivity index (χ4n) is 1.54. The highest BCUT2D eigenvalue weighted by Gasteiger charge is 2.13. The van der Waals surface area contributed by atoms with E-state index in [1.807, 2.05) is 12.3 Å². The van der Waals surface area contributed by atoms with Crippen molar-refractivity contribution in [3.05, 3.63) is 30.1 Å². The SMILES string of the molecule is CCC(c1ccccn1)N(C)CC. The Morgan fingerprint density at radius 3 is 2.62 bits per heavy atom. The highest BCUT2D eigenvalue weighted by Crippen LogP contribution is 2.19. The summed E-state index contributed by atoms with van der Waals surface area (Å²) < 4.78 is 0. The predicted octanol–water partition coefficient (Wildman–Crippen LogP) is 2.48. The normalized spacial score (nSPS) is 13.2. The molecule has 0 N–H and O–H groups in total. The first-order valence-electron chi connectivity index (χ1n) is 4.90. The molecule has 1 rings (SSSR count). The molecular weight excluding hydrogens is 160 g/mol. The van der Waals surface area contributed by atoms with Gasteiger partial charge in [0, 0.05) is 6.20 Å². The van der Waals surface area contributed by atoms with Crippen molar-refractivity contribution in [2.24, 2.45) is 0 Å². The zero-order valence-electron chi connectivity index (χ0n) is 8.70. The molecule has 0 saturated heterocycles. The number of nitrogens with zero attached hydrogens (tertiary/aromatic N) is 2. The van der Waals surface area contributed by atoms with E-state index in [4.69, 9.17) is 0 Å². The van der Waals surface area contributed by atoms with Crippen LogP contribution in [0.3, 0.4) is 0 Å². The van der Waals surface area contributed by atoms with Gasteiger partial charge < -0.3 is 0 Å². The van der Waals surface area contributed by atoms with Gasteiger partial charge in [-0.1, -0.05) is 19.9 Å². The number of pyridine rings is 1. The molecule has 1 heterocycles. The summed E-state index contributed by atoms with van der Waals surface area (Å²) in [6.45, 7) is 5.44. The van der Waals surface area contributed by atoms with Crippen LogP contribution in [0.4, 0.5) is 0 Å². The van der Waals surface area contributed by atoms with Crippen molar-refractivity contribution < 1.29 is 0 Å². The first-order chi connectivity index (χ1) is 6.29. The molecule has 0 radical (unpaired) electrons. The van der Waals surface area contributed by atoms with Crippen molar-refractivity contribution in [1.29, 1.82) is 0 Å². The molecule has 0 spiro atoms. The zero-order chi connectivity index (χ0) is 9.68. The van der Waals surface area contributed by atoms with Gasteiger partial charge in [-0.25, -0.2) is 0 Å². The highest BCUT2D eigenvalue weighted by molar-refractivity contribution is 5.08. The molecule has 0 bridgehead atoms. The van der Waals surface area contributed by atoms with Crippen molar-refractivity contribution in [1.82, 2.24) is 9.88 Å². The highest BCUT2D eigenvalue weighted by atomic mass is 15.1. The minimum absolute atomic E-state index is 0.464. The summed E-state index contributed by atoms with van der Waals surface area (Å²) in [6, 6.07) is 6.57. The summed E-state index contributed by atoms with van der Waals surface area (Å²) in [7, 11) is 2.14. The Morgan fingerprint density at radius 2 is 2.15 bits per heavy atom. The predicted molar refractivity (Wildman–Crippen MR) is 55.6 cm³/mol.